The molecule has 6 nitrogen and oxygen atoms in total. The first kappa shape index (κ1) is 20.5. The summed E-state index contributed by atoms with van der Waals surface area (Å²) in [6, 6.07) is 6.10. The van der Waals surface area contributed by atoms with Crippen LogP contribution < -0.4 is 10.1 Å². The number of ether oxygens (including phenoxy) is 2. The molecule has 1 amide bonds. The second-order valence-corrected chi connectivity index (χ2v) is 10.7. The number of methoxy groups -OCH3 is 1. The number of hydrogen-bond donors (Lipinski definition) is 1. The number of nitrogens with zero attached hydrogens (tertiary/aromatic N) is 2. The standard InChI is InChI=1S/C26H35N3O3/c1-31-23-4-2-3-22-24(23)21(17-29(22)6-5-28-7-9-32-10-8-28)25(30)27-26-14-18-11-19(15-26)13-20(12-18)16-26/h2-4,17-20H,5-16H2,1H3,(H,27,30). The number of carbonyl (C=O) groups is 1. The Labute approximate surface area is 190 Å². The molecule has 1 aromatic heterocycles. The molecule has 0 radical (unpaired) electrons. The summed E-state index contributed by atoms with van der Waals surface area (Å²) >= 11 is 0. The van der Waals surface area contributed by atoms with E-state index in [9.17, 15) is 4.79 Å². The molecule has 0 unspecified atom stereocenters. The predicted octanol–water partition coefficient (Wildman–Crippen LogP) is 3.68. The number of carbonyl (C=O) groups excluding carboxylic acids is 1. The lowest BCUT2D eigenvalue weighted by molar-refractivity contribution is -0.0166. The van der Waals surface area contributed by atoms with Gasteiger partial charge < -0.3 is 19.4 Å². The molecule has 0 spiro atoms. The van der Waals surface area contributed by atoms with E-state index in [1.165, 1.54) is 38.5 Å². The van der Waals surface area contributed by atoms with Gasteiger partial charge in [0.25, 0.3) is 5.91 Å². The zero-order chi connectivity index (χ0) is 21.7. The van der Waals surface area contributed by atoms with E-state index in [-0.39, 0.29) is 11.4 Å². The van der Waals surface area contributed by atoms with E-state index in [2.05, 4.69) is 27.0 Å². The molecule has 5 aliphatic rings. The van der Waals surface area contributed by atoms with Crippen molar-refractivity contribution in [2.24, 2.45) is 17.8 Å². The molecule has 5 fully saturated rings. The second kappa shape index (κ2) is 8.07. The van der Waals surface area contributed by atoms with E-state index in [4.69, 9.17) is 9.47 Å². The Bertz CT molecular complexity index is 972. The van der Waals surface area contributed by atoms with Crippen molar-refractivity contribution in [2.45, 2.75) is 50.6 Å². The van der Waals surface area contributed by atoms with Gasteiger partial charge in [0.1, 0.15) is 5.75 Å². The van der Waals surface area contributed by atoms with E-state index in [0.717, 1.165) is 79.4 Å². The van der Waals surface area contributed by atoms with Gasteiger partial charge >= 0.3 is 0 Å². The third-order valence-corrected chi connectivity index (χ3v) is 8.51. The molecular formula is C26H35N3O3. The molecule has 4 aliphatic carbocycles. The maximum atomic E-state index is 13.7. The van der Waals surface area contributed by atoms with Gasteiger partial charge in [0.2, 0.25) is 0 Å². The van der Waals surface area contributed by atoms with Gasteiger partial charge in [0.05, 0.1) is 36.8 Å². The molecule has 0 atom stereocenters. The van der Waals surface area contributed by atoms with Gasteiger partial charge in [-0.2, -0.15) is 0 Å². The lowest BCUT2D eigenvalue weighted by atomic mass is 9.53. The number of hydrogen-bond acceptors (Lipinski definition) is 4. The number of aromatic nitrogens is 1. The van der Waals surface area contributed by atoms with Crippen molar-refractivity contribution in [1.29, 1.82) is 0 Å². The van der Waals surface area contributed by atoms with Crippen molar-refractivity contribution in [1.82, 2.24) is 14.8 Å². The minimum Gasteiger partial charge on any atom is -0.496 e. The number of nitrogens with one attached hydrogen (secondary N) is 1. The molecular weight excluding hydrogens is 402 g/mol. The maximum absolute atomic E-state index is 13.7. The Hall–Kier alpha value is -2.05. The molecule has 172 valence electrons. The molecule has 2 aromatic rings. The molecule has 7 rings (SSSR count). The van der Waals surface area contributed by atoms with Gasteiger partial charge in [0, 0.05) is 37.9 Å². The van der Waals surface area contributed by atoms with Crippen LogP contribution in [0, 0.1) is 17.8 Å². The fourth-order valence-corrected chi connectivity index (χ4v) is 7.49. The molecule has 32 heavy (non-hydrogen) atoms. The third kappa shape index (κ3) is 3.61. The predicted molar refractivity (Wildman–Crippen MR) is 124 cm³/mol. The Balaban J connectivity index is 1.28. The summed E-state index contributed by atoms with van der Waals surface area (Å²) in [5.41, 5.74) is 1.85. The average molecular weight is 438 g/mol. The van der Waals surface area contributed by atoms with Crippen LogP contribution in [0.5, 0.6) is 5.75 Å². The van der Waals surface area contributed by atoms with Gasteiger partial charge in [-0.05, 0) is 68.4 Å². The van der Waals surface area contributed by atoms with Gasteiger partial charge in [-0.3, -0.25) is 9.69 Å². The monoisotopic (exact) mass is 437 g/mol. The van der Waals surface area contributed by atoms with Crippen LogP contribution in [0.4, 0.5) is 0 Å². The number of fused-ring (bicyclic) bond motifs is 1. The Morgan fingerprint density at radius 2 is 1.78 bits per heavy atom. The van der Waals surface area contributed by atoms with Crippen LogP contribution in [0.2, 0.25) is 0 Å². The smallest absolute Gasteiger partial charge is 0.254 e. The lowest BCUT2D eigenvalue weighted by Gasteiger charge is -2.56. The van der Waals surface area contributed by atoms with E-state index >= 15 is 0 Å². The number of morpholine rings is 1. The van der Waals surface area contributed by atoms with Crippen LogP contribution in [-0.4, -0.2) is 60.9 Å². The average Bonchev–Trinajstić information content (AvgIpc) is 3.16. The SMILES string of the molecule is COc1cccc2c1c(C(=O)NC13CC4CC(CC(C4)C1)C3)cn2CCN1CCOCC1. The highest BCUT2D eigenvalue weighted by molar-refractivity contribution is 6.09. The molecule has 2 heterocycles. The molecule has 1 N–H and O–H groups in total. The van der Waals surface area contributed by atoms with Crippen LogP contribution in [-0.2, 0) is 11.3 Å². The van der Waals surface area contributed by atoms with Crippen molar-refractivity contribution >= 4 is 16.8 Å². The summed E-state index contributed by atoms with van der Waals surface area (Å²) in [4.78, 5) is 16.2. The molecule has 4 bridgehead atoms. The summed E-state index contributed by atoms with van der Waals surface area (Å²) < 4.78 is 13.4. The van der Waals surface area contributed by atoms with Crippen LogP contribution in [0.3, 0.4) is 0 Å². The van der Waals surface area contributed by atoms with Crippen LogP contribution in [0.15, 0.2) is 24.4 Å². The Kier molecular flexibility index (Phi) is 5.18. The van der Waals surface area contributed by atoms with Gasteiger partial charge in [0.15, 0.2) is 0 Å². The number of rotatable bonds is 6. The second-order valence-electron chi connectivity index (χ2n) is 10.7. The van der Waals surface area contributed by atoms with Crippen molar-refractivity contribution in [3.05, 3.63) is 30.0 Å². The van der Waals surface area contributed by atoms with Gasteiger partial charge in [-0.1, -0.05) is 6.07 Å². The highest BCUT2D eigenvalue weighted by Crippen LogP contribution is 2.55. The zero-order valence-electron chi connectivity index (χ0n) is 19.1. The topological polar surface area (TPSA) is 55.7 Å². The maximum Gasteiger partial charge on any atom is 0.254 e. The van der Waals surface area contributed by atoms with Gasteiger partial charge in [-0.25, -0.2) is 0 Å². The minimum absolute atomic E-state index is 0.00999. The van der Waals surface area contributed by atoms with E-state index in [1.54, 1.807) is 7.11 Å². The number of benzene rings is 1. The highest BCUT2D eigenvalue weighted by Gasteiger charge is 2.51. The van der Waals surface area contributed by atoms with Crippen molar-refractivity contribution in [3.63, 3.8) is 0 Å². The summed E-state index contributed by atoms with van der Waals surface area (Å²) in [7, 11) is 1.70. The van der Waals surface area contributed by atoms with E-state index in [0.29, 0.717) is 0 Å². The third-order valence-electron chi connectivity index (χ3n) is 8.51. The lowest BCUT2D eigenvalue weighted by Crippen LogP contribution is -2.59. The first-order valence-electron chi connectivity index (χ1n) is 12.4. The summed E-state index contributed by atoms with van der Waals surface area (Å²) in [6.07, 6.45) is 9.69. The Morgan fingerprint density at radius 3 is 2.44 bits per heavy atom. The van der Waals surface area contributed by atoms with Crippen LogP contribution in [0.25, 0.3) is 10.9 Å². The van der Waals surface area contributed by atoms with E-state index < -0.39 is 0 Å². The van der Waals surface area contributed by atoms with Crippen LogP contribution in [0.1, 0.15) is 48.9 Å². The van der Waals surface area contributed by atoms with Gasteiger partial charge in [-0.15, -0.1) is 0 Å². The van der Waals surface area contributed by atoms with E-state index in [1.807, 2.05) is 12.1 Å². The largest absolute Gasteiger partial charge is 0.496 e. The molecule has 6 heteroatoms. The first-order valence-corrected chi connectivity index (χ1v) is 12.4. The quantitative estimate of drug-likeness (QED) is 0.749. The molecule has 1 saturated heterocycles. The minimum atomic E-state index is 0.00999. The molecule has 4 saturated carbocycles. The fraction of sp³-hybridized carbons (Fsp3) is 0.654. The van der Waals surface area contributed by atoms with Crippen molar-refractivity contribution in [3.8, 4) is 5.75 Å². The number of amides is 1. The highest BCUT2D eigenvalue weighted by atomic mass is 16.5. The van der Waals surface area contributed by atoms with Crippen molar-refractivity contribution in [2.75, 3.05) is 40.0 Å². The molecule has 1 aliphatic heterocycles. The van der Waals surface area contributed by atoms with Crippen LogP contribution >= 0.6 is 0 Å². The Morgan fingerprint density at radius 1 is 1.09 bits per heavy atom. The normalized spacial score (nSPS) is 31.8. The fourth-order valence-electron chi connectivity index (χ4n) is 7.49. The summed E-state index contributed by atoms with van der Waals surface area (Å²) in [6.45, 7) is 5.37. The zero-order valence-corrected chi connectivity index (χ0v) is 19.1. The first-order chi connectivity index (χ1) is 15.6. The summed E-state index contributed by atoms with van der Waals surface area (Å²) in [5, 5.41) is 4.51. The van der Waals surface area contributed by atoms with Crippen molar-refractivity contribution < 1.29 is 14.3 Å². The molecule has 1 aromatic carbocycles. The summed E-state index contributed by atoms with van der Waals surface area (Å²) in [5.74, 6) is 3.29.